The first-order valence-corrected chi connectivity index (χ1v) is 21.4. The van der Waals surface area contributed by atoms with Gasteiger partial charge in [0.1, 0.15) is 22.3 Å². The van der Waals surface area contributed by atoms with Crippen LogP contribution >= 0.6 is 0 Å². The zero-order chi connectivity index (χ0) is 41.7. The van der Waals surface area contributed by atoms with E-state index in [1.54, 1.807) is 0 Å². The van der Waals surface area contributed by atoms with Crippen molar-refractivity contribution in [3.63, 3.8) is 0 Å². The van der Waals surface area contributed by atoms with Gasteiger partial charge in [0.2, 0.25) is 0 Å². The van der Waals surface area contributed by atoms with Crippen LogP contribution in [-0.4, -0.2) is 0 Å². The van der Waals surface area contributed by atoms with Gasteiger partial charge in [-0.15, -0.1) is 0 Å². The topological polar surface area (TPSA) is 29.5 Å². The second kappa shape index (κ2) is 15.3. The van der Waals surface area contributed by atoms with Crippen LogP contribution in [0.5, 0.6) is 0 Å². The summed E-state index contributed by atoms with van der Waals surface area (Å²) in [7, 11) is 0. The van der Waals surface area contributed by atoms with Gasteiger partial charge in [0.15, 0.2) is 0 Å². The third kappa shape index (κ3) is 6.55. The first-order chi connectivity index (χ1) is 31.2. The van der Waals surface area contributed by atoms with E-state index in [4.69, 9.17) is 8.83 Å². The van der Waals surface area contributed by atoms with Crippen molar-refractivity contribution in [1.82, 2.24) is 0 Å². The molecule has 296 valence electrons. The second-order valence-electron chi connectivity index (χ2n) is 16.1. The summed E-state index contributed by atoms with van der Waals surface area (Å²) in [5.41, 5.74) is 17.9. The fourth-order valence-corrected chi connectivity index (χ4v) is 9.17. The standard InChI is InChI=1S/C60H39NO2/c1-3-13-40(14-4-1)42-25-31-48(32-26-42)61(49-33-27-43(28-34-49)41-15-5-2-6-16-41)50-35-29-44(30-36-50)45-37-46(51-19-11-21-55-53-17-7-9-23-57(53)62-59(51)55)39-47(38-45)52-20-12-22-56-54-18-8-10-24-58(54)63-60(52)56/h1-39H. The molecule has 0 aliphatic rings. The van der Waals surface area contributed by atoms with Crippen molar-refractivity contribution in [2.45, 2.75) is 0 Å². The molecule has 12 rings (SSSR count). The van der Waals surface area contributed by atoms with Gasteiger partial charge in [0.05, 0.1) is 0 Å². The van der Waals surface area contributed by atoms with Gasteiger partial charge < -0.3 is 13.7 Å². The molecule has 10 aromatic carbocycles. The van der Waals surface area contributed by atoms with Crippen molar-refractivity contribution in [3.05, 3.63) is 237 Å². The zero-order valence-corrected chi connectivity index (χ0v) is 34.3. The van der Waals surface area contributed by atoms with Crippen LogP contribution in [0.4, 0.5) is 17.1 Å². The minimum absolute atomic E-state index is 0.881. The van der Waals surface area contributed by atoms with E-state index in [-0.39, 0.29) is 0 Å². The van der Waals surface area contributed by atoms with Gasteiger partial charge in [0, 0.05) is 49.7 Å². The minimum Gasteiger partial charge on any atom is -0.455 e. The molecule has 0 aliphatic carbocycles. The number of fused-ring (bicyclic) bond motifs is 6. The predicted octanol–water partition coefficient (Wildman–Crippen LogP) is 17.3. The summed E-state index contributed by atoms with van der Waals surface area (Å²) in [5.74, 6) is 0. The van der Waals surface area contributed by atoms with Crippen LogP contribution in [0.1, 0.15) is 0 Å². The quantitative estimate of drug-likeness (QED) is 0.153. The molecule has 12 aromatic rings. The highest BCUT2D eigenvalue weighted by molar-refractivity contribution is 6.11. The molecule has 2 heterocycles. The van der Waals surface area contributed by atoms with E-state index in [2.05, 4.69) is 217 Å². The van der Waals surface area contributed by atoms with Crippen LogP contribution in [-0.2, 0) is 0 Å². The van der Waals surface area contributed by atoms with Crippen molar-refractivity contribution in [2.75, 3.05) is 4.90 Å². The number of para-hydroxylation sites is 4. The number of furan rings is 2. The third-order valence-corrected chi connectivity index (χ3v) is 12.3. The molecule has 3 nitrogen and oxygen atoms in total. The van der Waals surface area contributed by atoms with Gasteiger partial charge >= 0.3 is 0 Å². The Morgan fingerprint density at radius 3 is 1.00 bits per heavy atom. The third-order valence-electron chi connectivity index (χ3n) is 12.3. The fraction of sp³-hybridized carbons (Fsp3) is 0. The summed E-state index contributed by atoms with van der Waals surface area (Å²) in [4.78, 5) is 2.33. The largest absolute Gasteiger partial charge is 0.455 e. The molecular formula is C60H39NO2. The fourth-order valence-electron chi connectivity index (χ4n) is 9.17. The van der Waals surface area contributed by atoms with Crippen LogP contribution in [0.3, 0.4) is 0 Å². The summed E-state index contributed by atoms with van der Waals surface area (Å²) in [5, 5.41) is 4.43. The molecule has 0 radical (unpaired) electrons. The molecule has 0 unspecified atom stereocenters. The molecule has 0 spiro atoms. The lowest BCUT2D eigenvalue weighted by Gasteiger charge is -2.26. The molecule has 63 heavy (non-hydrogen) atoms. The van der Waals surface area contributed by atoms with Gasteiger partial charge in [-0.25, -0.2) is 0 Å². The maximum absolute atomic E-state index is 6.61. The van der Waals surface area contributed by atoms with E-state index in [0.29, 0.717) is 0 Å². The Morgan fingerprint density at radius 1 is 0.238 bits per heavy atom. The van der Waals surface area contributed by atoms with E-state index < -0.39 is 0 Å². The maximum Gasteiger partial charge on any atom is 0.143 e. The Kier molecular flexibility index (Phi) is 8.83. The molecule has 0 amide bonds. The second-order valence-corrected chi connectivity index (χ2v) is 16.1. The Labute approximate surface area is 365 Å². The Morgan fingerprint density at radius 2 is 0.571 bits per heavy atom. The molecule has 3 heteroatoms. The molecule has 0 saturated heterocycles. The van der Waals surface area contributed by atoms with Crippen LogP contribution < -0.4 is 4.90 Å². The first kappa shape index (κ1) is 36.5. The van der Waals surface area contributed by atoms with Crippen molar-refractivity contribution in [1.29, 1.82) is 0 Å². The molecule has 0 fully saturated rings. The van der Waals surface area contributed by atoms with E-state index in [9.17, 15) is 0 Å². The van der Waals surface area contributed by atoms with Gasteiger partial charge in [-0.2, -0.15) is 0 Å². The molecule has 0 atom stereocenters. The number of hydrogen-bond donors (Lipinski definition) is 0. The first-order valence-electron chi connectivity index (χ1n) is 21.4. The van der Waals surface area contributed by atoms with Gasteiger partial charge in [-0.05, 0) is 111 Å². The van der Waals surface area contributed by atoms with Crippen LogP contribution in [0, 0.1) is 0 Å². The Bertz CT molecular complexity index is 3370. The number of nitrogens with zero attached hydrogens (tertiary/aromatic N) is 1. The lowest BCUT2D eigenvalue weighted by molar-refractivity contribution is 0.670. The van der Waals surface area contributed by atoms with Crippen molar-refractivity contribution in [3.8, 4) is 55.6 Å². The monoisotopic (exact) mass is 805 g/mol. The Balaban J connectivity index is 0.994. The van der Waals surface area contributed by atoms with Crippen molar-refractivity contribution < 1.29 is 8.83 Å². The van der Waals surface area contributed by atoms with Crippen LogP contribution in [0.2, 0.25) is 0 Å². The summed E-state index contributed by atoms with van der Waals surface area (Å²) in [6.45, 7) is 0. The van der Waals surface area contributed by atoms with Crippen molar-refractivity contribution in [2.24, 2.45) is 0 Å². The van der Waals surface area contributed by atoms with Crippen molar-refractivity contribution >= 4 is 60.9 Å². The predicted molar refractivity (Wildman–Crippen MR) is 263 cm³/mol. The lowest BCUT2D eigenvalue weighted by Crippen LogP contribution is -2.09. The highest BCUT2D eigenvalue weighted by Gasteiger charge is 2.19. The molecule has 0 aliphatic heterocycles. The average Bonchev–Trinajstić information content (AvgIpc) is 3.94. The molecule has 0 N–H and O–H groups in total. The van der Waals surface area contributed by atoms with Gasteiger partial charge in [-0.1, -0.05) is 170 Å². The molecule has 0 bridgehead atoms. The summed E-state index contributed by atoms with van der Waals surface area (Å²) in [6.07, 6.45) is 0. The normalized spacial score (nSPS) is 11.5. The number of rotatable bonds is 8. The van der Waals surface area contributed by atoms with Crippen LogP contribution in [0.15, 0.2) is 245 Å². The highest BCUT2D eigenvalue weighted by atomic mass is 16.3. The average molecular weight is 806 g/mol. The Hall–Kier alpha value is -8.40. The highest BCUT2D eigenvalue weighted by Crippen LogP contribution is 2.43. The summed E-state index contributed by atoms with van der Waals surface area (Å²) < 4.78 is 13.2. The van der Waals surface area contributed by atoms with Gasteiger partial charge in [-0.3, -0.25) is 0 Å². The number of hydrogen-bond acceptors (Lipinski definition) is 3. The maximum atomic E-state index is 6.61. The zero-order valence-electron chi connectivity index (χ0n) is 34.3. The molecule has 2 aromatic heterocycles. The van der Waals surface area contributed by atoms with Crippen LogP contribution in [0.25, 0.3) is 99.5 Å². The van der Waals surface area contributed by atoms with Gasteiger partial charge in [0.25, 0.3) is 0 Å². The number of anilines is 3. The van der Waals surface area contributed by atoms with E-state index in [1.165, 1.54) is 22.3 Å². The summed E-state index contributed by atoms with van der Waals surface area (Å²) in [6, 6.07) is 84.1. The van der Waals surface area contributed by atoms with E-state index in [1.807, 2.05) is 24.3 Å². The molecule has 0 saturated carbocycles. The number of benzene rings is 10. The smallest absolute Gasteiger partial charge is 0.143 e. The van der Waals surface area contributed by atoms with E-state index >= 15 is 0 Å². The summed E-state index contributed by atoms with van der Waals surface area (Å²) >= 11 is 0. The minimum atomic E-state index is 0.881. The van der Waals surface area contributed by atoms with E-state index in [0.717, 1.165) is 94.3 Å². The SMILES string of the molecule is c1ccc(-c2ccc(N(c3ccc(-c4ccccc4)cc3)c3ccc(-c4cc(-c5cccc6c5oc5ccccc56)cc(-c5cccc6c5oc5ccccc56)c4)cc3)cc2)cc1. The molecular weight excluding hydrogens is 767 g/mol. The lowest BCUT2D eigenvalue weighted by atomic mass is 9.92.